The summed E-state index contributed by atoms with van der Waals surface area (Å²) < 4.78 is 0. The molecule has 0 aliphatic heterocycles. The molecule has 0 saturated carbocycles. The largest absolute Gasteiger partial charge is 0.328 e. The van der Waals surface area contributed by atoms with E-state index < -0.39 is 0 Å². The van der Waals surface area contributed by atoms with Crippen molar-refractivity contribution in [2.45, 2.75) is 38.6 Å². The first-order valence-corrected chi connectivity index (χ1v) is 5.83. The Morgan fingerprint density at radius 1 is 1.62 bits per heavy atom. The van der Waals surface area contributed by atoms with Crippen molar-refractivity contribution >= 4 is 17.4 Å². The summed E-state index contributed by atoms with van der Waals surface area (Å²) in [5.41, 5.74) is 6.46. The number of carbonyl (C=O) groups excluding carboxylic acids is 1. The topological polar surface area (TPSA) is 56.0 Å². The number of ketones is 1. The fourth-order valence-corrected chi connectivity index (χ4v) is 1.66. The van der Waals surface area contributed by atoms with Gasteiger partial charge in [0.2, 0.25) is 0 Å². The maximum absolute atomic E-state index is 11.6. The summed E-state index contributed by atoms with van der Waals surface area (Å²) in [5, 5.41) is 0.558. The van der Waals surface area contributed by atoms with Crippen LogP contribution in [0.1, 0.15) is 31.7 Å². The maximum atomic E-state index is 11.6. The number of rotatable bonds is 6. The Balaban J connectivity index is 2.37. The zero-order valence-corrected chi connectivity index (χ0v) is 10.2. The molecule has 0 aliphatic rings. The van der Waals surface area contributed by atoms with Gasteiger partial charge in [0.25, 0.3) is 0 Å². The number of nitrogens with zero attached hydrogens (tertiary/aromatic N) is 1. The molecule has 0 spiro atoms. The Kier molecular flexibility index (Phi) is 5.43. The fourth-order valence-electron chi connectivity index (χ4n) is 1.47. The monoisotopic (exact) mass is 240 g/mol. The highest BCUT2D eigenvalue weighted by molar-refractivity contribution is 6.31. The molecular formula is C12H17ClN2O. The second kappa shape index (κ2) is 6.61. The number of nitrogens with two attached hydrogens (primary N) is 1. The lowest BCUT2D eigenvalue weighted by Crippen LogP contribution is -2.15. The van der Waals surface area contributed by atoms with E-state index in [1.165, 1.54) is 0 Å². The van der Waals surface area contributed by atoms with E-state index in [4.69, 9.17) is 17.3 Å². The summed E-state index contributed by atoms with van der Waals surface area (Å²) in [6.45, 7) is 1.95. The third-order valence-electron chi connectivity index (χ3n) is 2.36. The SMILES string of the molecule is CC(N)CCCC(=O)Cc1ccncc1Cl. The number of pyridine rings is 1. The smallest absolute Gasteiger partial charge is 0.137 e. The number of hydrogen-bond acceptors (Lipinski definition) is 3. The summed E-state index contributed by atoms with van der Waals surface area (Å²) in [6.07, 6.45) is 5.90. The predicted molar refractivity (Wildman–Crippen MR) is 65.5 cm³/mol. The van der Waals surface area contributed by atoms with E-state index >= 15 is 0 Å². The minimum Gasteiger partial charge on any atom is -0.328 e. The molecule has 4 heteroatoms. The number of Topliss-reactive ketones (excluding diaryl/α,β-unsaturated/α-hetero) is 1. The molecule has 1 aromatic heterocycles. The highest BCUT2D eigenvalue weighted by Gasteiger charge is 2.07. The first kappa shape index (κ1) is 13.1. The number of halogens is 1. The van der Waals surface area contributed by atoms with Gasteiger partial charge in [-0.2, -0.15) is 0 Å². The Morgan fingerprint density at radius 3 is 3.00 bits per heavy atom. The molecule has 0 amide bonds. The van der Waals surface area contributed by atoms with Crippen LogP contribution in [0.2, 0.25) is 5.02 Å². The van der Waals surface area contributed by atoms with Gasteiger partial charge in [0.05, 0.1) is 5.02 Å². The number of carbonyl (C=O) groups is 1. The van der Waals surface area contributed by atoms with Crippen LogP contribution in [0.4, 0.5) is 0 Å². The molecule has 1 rings (SSSR count). The average Bonchev–Trinajstić information content (AvgIpc) is 2.21. The van der Waals surface area contributed by atoms with E-state index in [0.717, 1.165) is 18.4 Å². The van der Waals surface area contributed by atoms with Crippen LogP contribution in [-0.2, 0) is 11.2 Å². The van der Waals surface area contributed by atoms with E-state index in [0.29, 0.717) is 17.9 Å². The van der Waals surface area contributed by atoms with Crippen molar-refractivity contribution in [1.82, 2.24) is 4.98 Å². The molecule has 16 heavy (non-hydrogen) atoms. The van der Waals surface area contributed by atoms with E-state index in [-0.39, 0.29) is 11.8 Å². The maximum Gasteiger partial charge on any atom is 0.137 e. The van der Waals surface area contributed by atoms with Crippen molar-refractivity contribution in [3.05, 3.63) is 29.0 Å². The van der Waals surface area contributed by atoms with Gasteiger partial charge < -0.3 is 5.73 Å². The van der Waals surface area contributed by atoms with Gasteiger partial charge in [-0.3, -0.25) is 9.78 Å². The summed E-state index contributed by atoms with van der Waals surface area (Å²) in [5.74, 6) is 0.203. The molecule has 1 heterocycles. The molecule has 0 aromatic carbocycles. The average molecular weight is 241 g/mol. The van der Waals surface area contributed by atoms with Crippen LogP contribution in [0.5, 0.6) is 0 Å². The molecular weight excluding hydrogens is 224 g/mol. The molecule has 0 bridgehead atoms. The lowest BCUT2D eigenvalue weighted by Gasteiger charge is -2.05. The highest BCUT2D eigenvalue weighted by Crippen LogP contribution is 2.15. The second-order valence-corrected chi connectivity index (χ2v) is 4.46. The zero-order chi connectivity index (χ0) is 12.0. The minimum atomic E-state index is 0.164. The van der Waals surface area contributed by atoms with Crippen LogP contribution in [0.3, 0.4) is 0 Å². The number of hydrogen-bond donors (Lipinski definition) is 1. The van der Waals surface area contributed by atoms with Crippen molar-refractivity contribution in [3.8, 4) is 0 Å². The zero-order valence-electron chi connectivity index (χ0n) is 9.45. The van der Waals surface area contributed by atoms with E-state index in [1.807, 2.05) is 6.92 Å². The lowest BCUT2D eigenvalue weighted by atomic mass is 10.0. The summed E-state index contributed by atoms with van der Waals surface area (Å²) in [7, 11) is 0. The standard InChI is InChI=1S/C12H17ClN2O/c1-9(14)3-2-4-11(16)7-10-5-6-15-8-12(10)13/h5-6,8-9H,2-4,7,14H2,1H3. The molecule has 3 nitrogen and oxygen atoms in total. The third kappa shape index (κ3) is 4.73. The Morgan fingerprint density at radius 2 is 2.38 bits per heavy atom. The molecule has 0 aliphatic carbocycles. The second-order valence-electron chi connectivity index (χ2n) is 4.05. The molecule has 1 aromatic rings. The van der Waals surface area contributed by atoms with Crippen LogP contribution >= 0.6 is 11.6 Å². The van der Waals surface area contributed by atoms with Gasteiger partial charge in [-0.05, 0) is 31.4 Å². The fraction of sp³-hybridized carbons (Fsp3) is 0.500. The van der Waals surface area contributed by atoms with Gasteiger partial charge in [0, 0.05) is 31.3 Å². The molecule has 1 unspecified atom stereocenters. The predicted octanol–water partition coefficient (Wildman–Crippen LogP) is 2.36. The normalized spacial score (nSPS) is 12.4. The first-order valence-electron chi connectivity index (χ1n) is 5.45. The third-order valence-corrected chi connectivity index (χ3v) is 2.70. The summed E-state index contributed by atoms with van der Waals surface area (Å²) in [4.78, 5) is 15.5. The van der Waals surface area contributed by atoms with Crippen LogP contribution in [0.15, 0.2) is 18.5 Å². The van der Waals surface area contributed by atoms with E-state index in [2.05, 4.69) is 4.98 Å². The Labute approximate surface area is 101 Å². The highest BCUT2D eigenvalue weighted by atomic mass is 35.5. The van der Waals surface area contributed by atoms with Crippen molar-refractivity contribution in [2.75, 3.05) is 0 Å². The van der Waals surface area contributed by atoms with Gasteiger partial charge in [0.1, 0.15) is 5.78 Å². The quantitative estimate of drug-likeness (QED) is 0.831. The molecule has 0 fully saturated rings. The molecule has 0 radical (unpaired) electrons. The lowest BCUT2D eigenvalue weighted by molar-refractivity contribution is -0.118. The summed E-state index contributed by atoms with van der Waals surface area (Å²) in [6, 6.07) is 1.95. The van der Waals surface area contributed by atoms with Gasteiger partial charge in [-0.1, -0.05) is 11.6 Å². The van der Waals surface area contributed by atoms with Crippen molar-refractivity contribution in [1.29, 1.82) is 0 Å². The molecule has 0 saturated heterocycles. The van der Waals surface area contributed by atoms with Crippen LogP contribution < -0.4 is 5.73 Å². The Bertz CT molecular complexity index is 353. The van der Waals surface area contributed by atoms with Crippen LogP contribution in [0, 0.1) is 0 Å². The minimum absolute atomic E-state index is 0.164. The number of aromatic nitrogens is 1. The van der Waals surface area contributed by atoms with Crippen molar-refractivity contribution < 1.29 is 4.79 Å². The molecule has 1 atom stereocenters. The summed E-state index contributed by atoms with van der Waals surface area (Å²) >= 11 is 5.92. The molecule has 88 valence electrons. The first-order chi connectivity index (χ1) is 7.59. The van der Waals surface area contributed by atoms with Crippen LogP contribution in [-0.4, -0.2) is 16.8 Å². The van der Waals surface area contributed by atoms with Crippen molar-refractivity contribution in [2.24, 2.45) is 5.73 Å². The van der Waals surface area contributed by atoms with E-state index in [9.17, 15) is 4.79 Å². The van der Waals surface area contributed by atoms with Gasteiger partial charge >= 0.3 is 0 Å². The van der Waals surface area contributed by atoms with Gasteiger partial charge in [-0.25, -0.2) is 0 Å². The van der Waals surface area contributed by atoms with Gasteiger partial charge in [0.15, 0.2) is 0 Å². The molecule has 2 N–H and O–H groups in total. The Hall–Kier alpha value is -0.930. The van der Waals surface area contributed by atoms with Gasteiger partial charge in [-0.15, -0.1) is 0 Å². The van der Waals surface area contributed by atoms with E-state index in [1.54, 1.807) is 18.5 Å². The van der Waals surface area contributed by atoms with Crippen LogP contribution in [0.25, 0.3) is 0 Å². The van der Waals surface area contributed by atoms with Crippen molar-refractivity contribution in [3.63, 3.8) is 0 Å².